The molecule has 0 aliphatic carbocycles. The summed E-state index contributed by atoms with van der Waals surface area (Å²) in [6.07, 6.45) is 1.39. The summed E-state index contributed by atoms with van der Waals surface area (Å²) in [5.41, 5.74) is 5.99. The fourth-order valence-electron chi connectivity index (χ4n) is 2.61. The Kier molecular flexibility index (Phi) is 4.36. The lowest BCUT2D eigenvalue weighted by Gasteiger charge is -2.20. The van der Waals surface area contributed by atoms with Gasteiger partial charge in [-0.2, -0.15) is 0 Å². The minimum Gasteiger partial charge on any atom is -0.326 e. The maximum Gasteiger partial charge on any atom is 0.224 e. The second-order valence-electron chi connectivity index (χ2n) is 5.31. The normalized spacial score (nSPS) is 15.3. The van der Waals surface area contributed by atoms with E-state index in [1.807, 2.05) is 6.07 Å². The van der Waals surface area contributed by atoms with Gasteiger partial charge in [0.1, 0.15) is 0 Å². The molecule has 1 aliphatic heterocycles. The molecule has 0 bridgehead atoms. The van der Waals surface area contributed by atoms with Crippen LogP contribution in [0.1, 0.15) is 33.5 Å². The molecule has 2 aromatic carbocycles. The summed E-state index contributed by atoms with van der Waals surface area (Å²) in [5.74, 6) is 0.110. The van der Waals surface area contributed by atoms with Crippen LogP contribution in [-0.4, -0.2) is 5.91 Å². The van der Waals surface area contributed by atoms with Crippen molar-refractivity contribution in [2.45, 2.75) is 24.6 Å². The van der Waals surface area contributed by atoms with Gasteiger partial charge in [-0.25, -0.2) is 0 Å². The van der Waals surface area contributed by atoms with E-state index in [2.05, 4.69) is 81.1 Å². The van der Waals surface area contributed by atoms with E-state index in [9.17, 15) is 4.79 Å². The summed E-state index contributed by atoms with van der Waals surface area (Å²) in [5, 5.41) is 2.93. The first-order valence-corrected chi connectivity index (χ1v) is 8.87. The lowest BCUT2D eigenvalue weighted by molar-refractivity contribution is -0.116. The van der Waals surface area contributed by atoms with Crippen molar-refractivity contribution >= 4 is 50.1 Å². The first-order chi connectivity index (χ1) is 10.1. The SMILES string of the molecule is Cc1cccc(C(Br)c2ccc3c(c2)CCC(=O)N3)c1I. The van der Waals surface area contributed by atoms with Gasteiger partial charge in [0.05, 0.1) is 4.83 Å². The molecule has 1 N–H and O–H groups in total. The number of anilines is 1. The quantitative estimate of drug-likeness (QED) is 0.502. The van der Waals surface area contributed by atoms with E-state index in [0.29, 0.717) is 6.42 Å². The van der Waals surface area contributed by atoms with Gasteiger partial charge >= 0.3 is 0 Å². The minimum atomic E-state index is 0.110. The second kappa shape index (κ2) is 6.08. The van der Waals surface area contributed by atoms with Crippen LogP contribution >= 0.6 is 38.5 Å². The number of benzene rings is 2. The maximum atomic E-state index is 11.4. The highest BCUT2D eigenvalue weighted by Gasteiger charge is 2.19. The molecule has 4 heteroatoms. The summed E-state index contributed by atoms with van der Waals surface area (Å²) >= 11 is 6.23. The summed E-state index contributed by atoms with van der Waals surface area (Å²) in [7, 11) is 0. The average Bonchev–Trinajstić information content (AvgIpc) is 2.49. The van der Waals surface area contributed by atoms with Crippen LogP contribution in [0.5, 0.6) is 0 Å². The standard InChI is InChI=1S/C17H15BrINO/c1-10-3-2-4-13(17(10)19)16(18)12-5-7-14-11(9-12)6-8-15(21)20-14/h2-5,7,9,16H,6,8H2,1H3,(H,20,21). The number of halogens is 2. The van der Waals surface area contributed by atoms with Crippen LogP contribution in [0.3, 0.4) is 0 Å². The number of nitrogens with one attached hydrogen (secondary N) is 1. The van der Waals surface area contributed by atoms with E-state index in [4.69, 9.17) is 0 Å². The van der Waals surface area contributed by atoms with Crippen LogP contribution in [0.15, 0.2) is 36.4 Å². The summed E-state index contributed by atoms with van der Waals surface area (Å²) in [6, 6.07) is 12.7. The van der Waals surface area contributed by atoms with Gasteiger partial charge in [0, 0.05) is 15.7 Å². The highest BCUT2D eigenvalue weighted by Crippen LogP contribution is 2.36. The summed E-state index contributed by atoms with van der Waals surface area (Å²) in [4.78, 5) is 11.6. The van der Waals surface area contributed by atoms with Gasteiger partial charge in [0.15, 0.2) is 0 Å². The Labute approximate surface area is 146 Å². The van der Waals surface area contributed by atoms with Gasteiger partial charge in [-0.05, 0) is 64.3 Å². The van der Waals surface area contributed by atoms with Crippen molar-refractivity contribution in [3.05, 3.63) is 62.2 Å². The molecule has 3 rings (SSSR count). The molecule has 1 aliphatic rings. The van der Waals surface area contributed by atoms with Crippen molar-refractivity contribution in [3.63, 3.8) is 0 Å². The lowest BCUT2D eigenvalue weighted by Crippen LogP contribution is -2.19. The number of carbonyl (C=O) groups is 1. The molecule has 21 heavy (non-hydrogen) atoms. The summed E-state index contributed by atoms with van der Waals surface area (Å²) in [6.45, 7) is 2.13. The van der Waals surface area contributed by atoms with E-state index in [1.165, 1.54) is 25.8 Å². The number of rotatable bonds is 2. The highest BCUT2D eigenvalue weighted by atomic mass is 127. The molecule has 0 saturated heterocycles. The fraction of sp³-hybridized carbons (Fsp3) is 0.235. The molecule has 2 nitrogen and oxygen atoms in total. The Morgan fingerprint density at radius 2 is 2.05 bits per heavy atom. The lowest BCUT2D eigenvalue weighted by atomic mass is 9.96. The molecule has 0 fully saturated rings. The molecule has 1 amide bonds. The molecule has 0 spiro atoms. The zero-order valence-corrected chi connectivity index (χ0v) is 15.4. The van der Waals surface area contributed by atoms with Gasteiger partial charge in [-0.1, -0.05) is 46.3 Å². The van der Waals surface area contributed by atoms with E-state index in [-0.39, 0.29) is 10.7 Å². The zero-order valence-electron chi connectivity index (χ0n) is 11.6. The van der Waals surface area contributed by atoms with Gasteiger partial charge in [0.25, 0.3) is 0 Å². The molecular formula is C17H15BrINO. The third-order valence-electron chi connectivity index (χ3n) is 3.81. The Bertz CT molecular complexity index is 714. The van der Waals surface area contributed by atoms with Gasteiger partial charge in [0.2, 0.25) is 5.91 Å². The molecule has 0 saturated carbocycles. The predicted molar refractivity (Wildman–Crippen MR) is 98.1 cm³/mol. The van der Waals surface area contributed by atoms with Crippen molar-refractivity contribution in [2.75, 3.05) is 5.32 Å². The average molecular weight is 456 g/mol. The number of amides is 1. The minimum absolute atomic E-state index is 0.110. The second-order valence-corrected chi connectivity index (χ2v) is 7.30. The monoisotopic (exact) mass is 455 g/mol. The van der Waals surface area contributed by atoms with E-state index >= 15 is 0 Å². The predicted octanol–water partition coefficient (Wildman–Crippen LogP) is 4.97. The fourth-order valence-corrected chi connectivity index (χ4v) is 4.37. The third-order valence-corrected chi connectivity index (χ3v) is 6.31. The topological polar surface area (TPSA) is 29.1 Å². The number of hydrogen-bond acceptors (Lipinski definition) is 1. The largest absolute Gasteiger partial charge is 0.326 e. The van der Waals surface area contributed by atoms with Gasteiger partial charge in [-0.3, -0.25) is 4.79 Å². The van der Waals surface area contributed by atoms with E-state index in [0.717, 1.165) is 12.1 Å². The van der Waals surface area contributed by atoms with Gasteiger partial charge in [-0.15, -0.1) is 0 Å². The molecule has 2 aromatic rings. The number of fused-ring (bicyclic) bond motifs is 1. The molecule has 1 unspecified atom stereocenters. The van der Waals surface area contributed by atoms with Crippen molar-refractivity contribution in [3.8, 4) is 0 Å². The van der Waals surface area contributed by atoms with Crippen molar-refractivity contribution in [1.29, 1.82) is 0 Å². The van der Waals surface area contributed by atoms with Crippen LogP contribution in [0.25, 0.3) is 0 Å². The Balaban J connectivity index is 1.97. The van der Waals surface area contributed by atoms with Crippen LogP contribution in [0.4, 0.5) is 5.69 Å². The summed E-state index contributed by atoms with van der Waals surface area (Å²) < 4.78 is 1.29. The van der Waals surface area contributed by atoms with E-state index in [1.54, 1.807) is 0 Å². The van der Waals surface area contributed by atoms with Crippen LogP contribution in [0, 0.1) is 10.5 Å². The number of hydrogen-bond donors (Lipinski definition) is 1. The molecule has 1 heterocycles. The molecule has 108 valence electrons. The zero-order chi connectivity index (χ0) is 15.0. The van der Waals surface area contributed by atoms with Gasteiger partial charge < -0.3 is 5.32 Å². The maximum absolute atomic E-state index is 11.4. The van der Waals surface area contributed by atoms with Crippen molar-refractivity contribution in [2.24, 2.45) is 0 Å². The molecule has 1 atom stereocenters. The number of alkyl halides is 1. The smallest absolute Gasteiger partial charge is 0.224 e. The number of aryl methyl sites for hydroxylation is 2. The third kappa shape index (κ3) is 3.01. The Morgan fingerprint density at radius 1 is 1.24 bits per heavy atom. The number of carbonyl (C=O) groups excluding carboxylic acids is 1. The van der Waals surface area contributed by atoms with Crippen molar-refractivity contribution < 1.29 is 4.79 Å². The highest BCUT2D eigenvalue weighted by molar-refractivity contribution is 14.1. The van der Waals surface area contributed by atoms with Crippen LogP contribution in [0.2, 0.25) is 0 Å². The van der Waals surface area contributed by atoms with Crippen LogP contribution < -0.4 is 5.32 Å². The Morgan fingerprint density at radius 3 is 2.86 bits per heavy atom. The van der Waals surface area contributed by atoms with Crippen LogP contribution in [-0.2, 0) is 11.2 Å². The molecule has 0 radical (unpaired) electrons. The Hall–Kier alpha value is -0.880. The van der Waals surface area contributed by atoms with Crippen molar-refractivity contribution in [1.82, 2.24) is 0 Å². The first kappa shape index (κ1) is 15.0. The first-order valence-electron chi connectivity index (χ1n) is 6.88. The molecule has 0 aromatic heterocycles. The molecular weight excluding hydrogens is 441 g/mol. The van der Waals surface area contributed by atoms with E-state index < -0.39 is 0 Å².